The predicted octanol–water partition coefficient (Wildman–Crippen LogP) is 4.02. The molecule has 5 atom stereocenters. The lowest BCUT2D eigenvalue weighted by Gasteiger charge is -2.34. The molecule has 5 amide bonds. The lowest BCUT2D eigenvalue weighted by molar-refractivity contribution is -0.154. The van der Waals surface area contributed by atoms with Crippen LogP contribution in [0.2, 0.25) is 0 Å². The lowest BCUT2D eigenvalue weighted by atomic mass is 10.0. The van der Waals surface area contributed by atoms with E-state index >= 15 is 0 Å². The second-order valence-electron chi connectivity index (χ2n) is 16.2. The Kier molecular flexibility index (Phi) is 11.2. The number of urea groups is 1. The Morgan fingerprint density at radius 1 is 1.09 bits per heavy atom. The van der Waals surface area contributed by atoms with Crippen molar-refractivity contribution in [3.8, 4) is 17.4 Å². The van der Waals surface area contributed by atoms with Crippen LogP contribution in [0.25, 0.3) is 10.9 Å². The van der Waals surface area contributed by atoms with Crippen LogP contribution in [-0.2, 0) is 24.4 Å². The Balaban J connectivity index is 1.22. The van der Waals surface area contributed by atoms with E-state index in [4.69, 9.17) is 14.2 Å². The number of nitrogens with zero attached hydrogens (tertiary/aromatic N) is 3. The maximum absolute atomic E-state index is 14.6. The van der Waals surface area contributed by atoms with Crippen LogP contribution in [0.15, 0.2) is 30.4 Å². The number of aryl methyl sites for hydroxylation is 1. The van der Waals surface area contributed by atoms with Crippen LogP contribution in [0.1, 0.15) is 76.7 Å². The molecule has 2 saturated heterocycles. The highest BCUT2D eigenvalue weighted by Gasteiger charge is 2.63. The second kappa shape index (κ2) is 15.7. The third-order valence-corrected chi connectivity index (χ3v) is 14.1. The third-order valence-electron chi connectivity index (χ3n) is 11.9. The molecule has 0 bridgehead atoms. The zero-order valence-corrected chi connectivity index (χ0v) is 33.5. The summed E-state index contributed by atoms with van der Waals surface area (Å²) in [5.41, 5.74) is -0.848. The minimum Gasteiger partial charge on any atom is -0.496 e. The van der Waals surface area contributed by atoms with Crippen LogP contribution in [0.4, 0.5) is 18.0 Å². The summed E-state index contributed by atoms with van der Waals surface area (Å²) in [4.78, 5) is 63.3. The molecule has 7 rings (SSSR count). The number of hydrogen-bond donors (Lipinski definition) is 3. The number of aromatic nitrogens is 1. The summed E-state index contributed by atoms with van der Waals surface area (Å²) in [7, 11) is -2.61. The van der Waals surface area contributed by atoms with Crippen molar-refractivity contribution in [1.29, 1.82) is 0 Å². The van der Waals surface area contributed by atoms with Crippen molar-refractivity contribution in [1.82, 2.24) is 30.1 Å². The fourth-order valence-electron chi connectivity index (χ4n) is 7.79. The molecule has 4 heterocycles. The van der Waals surface area contributed by atoms with Gasteiger partial charge in [0.25, 0.3) is 5.91 Å². The summed E-state index contributed by atoms with van der Waals surface area (Å²) < 4.78 is 84.0. The van der Waals surface area contributed by atoms with Gasteiger partial charge in [-0.1, -0.05) is 25.0 Å². The molecule has 1 aromatic carbocycles. The molecule has 5 aliphatic rings. The number of ether oxygens (including phenoxy) is 3. The molecule has 0 radical (unpaired) electrons. The topological polar surface area (TPSA) is 186 Å². The molecule has 19 heteroatoms. The minimum atomic E-state index is -4.65. The van der Waals surface area contributed by atoms with Gasteiger partial charge in [0.1, 0.15) is 35.2 Å². The number of methoxy groups -OCH3 is 1. The molecule has 1 aromatic heterocycles. The van der Waals surface area contributed by atoms with Crippen molar-refractivity contribution in [2.75, 3.05) is 33.4 Å². The van der Waals surface area contributed by atoms with Crippen LogP contribution in [-0.4, -0.2) is 115 Å². The Hall–Kier alpha value is -4.81. The van der Waals surface area contributed by atoms with Gasteiger partial charge in [0.2, 0.25) is 27.7 Å². The Labute approximate surface area is 334 Å². The SMILES string of the molecule is COc1ccc2c(OC3CC4C(=O)NC5(C(=O)NS(=O)(=O)C6(C)CC6)CC5C=CCCCCCC(NC(=O)N5CCC5)C(=O)N4C3)cc(OCC(F)(F)F)nc2c1C. The van der Waals surface area contributed by atoms with Gasteiger partial charge in [-0.05, 0) is 70.9 Å². The fraction of sp³-hybridized carbons (Fsp3) is 0.615. The number of nitrogens with one attached hydrogen (secondary N) is 3. The molecule has 2 aliphatic carbocycles. The average Bonchev–Trinajstić information content (AvgIpc) is 4.02. The summed E-state index contributed by atoms with van der Waals surface area (Å²) in [6.45, 7) is 2.54. The van der Waals surface area contributed by atoms with E-state index < -0.39 is 81.0 Å². The molecule has 3 N–H and O–H groups in total. The molecule has 2 saturated carbocycles. The highest BCUT2D eigenvalue weighted by Crippen LogP contribution is 2.48. The van der Waals surface area contributed by atoms with Crippen molar-refractivity contribution < 1.29 is 55.0 Å². The van der Waals surface area contributed by atoms with Crippen LogP contribution < -0.4 is 29.6 Å². The van der Waals surface area contributed by atoms with E-state index in [1.165, 1.54) is 18.1 Å². The van der Waals surface area contributed by atoms with E-state index in [-0.39, 0.29) is 36.5 Å². The van der Waals surface area contributed by atoms with Crippen molar-refractivity contribution in [3.63, 3.8) is 0 Å². The number of pyridine rings is 1. The van der Waals surface area contributed by atoms with E-state index in [2.05, 4.69) is 20.3 Å². The van der Waals surface area contributed by atoms with Gasteiger partial charge in [0.05, 0.1) is 23.9 Å². The first kappa shape index (κ1) is 41.4. The maximum atomic E-state index is 14.6. The quantitative estimate of drug-likeness (QED) is 0.312. The smallest absolute Gasteiger partial charge is 0.422 e. The summed E-state index contributed by atoms with van der Waals surface area (Å²) in [6, 6.07) is 1.85. The van der Waals surface area contributed by atoms with Gasteiger partial charge in [-0.15, -0.1) is 0 Å². The fourth-order valence-corrected chi connectivity index (χ4v) is 9.10. The van der Waals surface area contributed by atoms with Crippen molar-refractivity contribution in [3.05, 3.63) is 35.9 Å². The van der Waals surface area contributed by atoms with E-state index in [1.54, 1.807) is 30.9 Å². The number of halogens is 3. The molecule has 5 unspecified atom stereocenters. The van der Waals surface area contributed by atoms with Gasteiger partial charge >= 0.3 is 12.2 Å². The first-order chi connectivity index (χ1) is 27.4. The van der Waals surface area contributed by atoms with Crippen molar-refractivity contribution >= 4 is 44.7 Å². The van der Waals surface area contributed by atoms with Crippen molar-refractivity contribution in [2.45, 2.75) is 113 Å². The maximum Gasteiger partial charge on any atom is 0.422 e. The summed E-state index contributed by atoms with van der Waals surface area (Å²) in [6.07, 6.45) is 2.82. The number of carbonyl (C=O) groups excluding carboxylic acids is 4. The minimum absolute atomic E-state index is 0.0817. The molecular formula is C39H49F3N6O9S. The van der Waals surface area contributed by atoms with Crippen LogP contribution in [0.5, 0.6) is 17.4 Å². The number of allylic oxidation sites excluding steroid dienone is 1. The number of alkyl halides is 3. The molecular weight excluding hydrogens is 786 g/mol. The Morgan fingerprint density at radius 3 is 2.52 bits per heavy atom. The van der Waals surface area contributed by atoms with Crippen LogP contribution in [0, 0.1) is 12.8 Å². The first-order valence-corrected chi connectivity index (χ1v) is 21.2. The van der Waals surface area contributed by atoms with Gasteiger partial charge < -0.3 is 34.6 Å². The zero-order chi connectivity index (χ0) is 41.6. The predicted molar refractivity (Wildman–Crippen MR) is 204 cm³/mol. The number of fused-ring (bicyclic) bond motifs is 3. The van der Waals surface area contributed by atoms with Gasteiger partial charge in [0, 0.05) is 42.4 Å². The highest BCUT2D eigenvalue weighted by atomic mass is 32.2. The highest BCUT2D eigenvalue weighted by molar-refractivity contribution is 7.91. The number of sulfonamides is 1. The number of likely N-dealkylation sites (tertiary alicyclic amines) is 1. The second-order valence-corrected chi connectivity index (χ2v) is 18.4. The molecule has 3 aliphatic heterocycles. The van der Waals surface area contributed by atoms with Gasteiger partial charge in [0.15, 0.2) is 6.61 Å². The monoisotopic (exact) mass is 834 g/mol. The molecule has 316 valence electrons. The number of rotatable bonds is 9. The number of amides is 5. The number of benzene rings is 1. The molecule has 15 nitrogen and oxygen atoms in total. The lowest BCUT2D eigenvalue weighted by Crippen LogP contribution is -2.59. The first-order valence-electron chi connectivity index (χ1n) is 19.7. The van der Waals surface area contributed by atoms with Crippen LogP contribution in [0.3, 0.4) is 0 Å². The van der Waals surface area contributed by atoms with E-state index in [1.807, 2.05) is 12.2 Å². The van der Waals surface area contributed by atoms with E-state index in [0.717, 1.165) is 19.3 Å². The number of hydrogen-bond acceptors (Lipinski definition) is 10. The van der Waals surface area contributed by atoms with Gasteiger partial charge in [-0.2, -0.15) is 13.2 Å². The summed E-state index contributed by atoms with van der Waals surface area (Å²) >= 11 is 0. The van der Waals surface area contributed by atoms with Crippen molar-refractivity contribution in [2.24, 2.45) is 5.92 Å². The molecule has 4 fully saturated rings. The van der Waals surface area contributed by atoms with E-state index in [0.29, 0.717) is 61.9 Å². The average molecular weight is 835 g/mol. The Morgan fingerprint density at radius 2 is 1.84 bits per heavy atom. The molecule has 58 heavy (non-hydrogen) atoms. The molecule has 0 spiro atoms. The van der Waals surface area contributed by atoms with Gasteiger partial charge in [-0.25, -0.2) is 18.2 Å². The van der Waals surface area contributed by atoms with E-state index in [9.17, 15) is 40.8 Å². The largest absolute Gasteiger partial charge is 0.496 e. The zero-order valence-electron chi connectivity index (χ0n) is 32.7. The third kappa shape index (κ3) is 8.50. The van der Waals surface area contributed by atoms with Gasteiger partial charge in [-0.3, -0.25) is 19.1 Å². The number of carbonyl (C=O) groups is 4. The Bertz CT molecular complexity index is 2110. The summed E-state index contributed by atoms with van der Waals surface area (Å²) in [5.74, 6) is -2.51. The molecule has 2 aromatic rings. The van der Waals surface area contributed by atoms with Crippen LogP contribution >= 0.6 is 0 Å². The summed E-state index contributed by atoms with van der Waals surface area (Å²) in [5, 5.41) is 6.10. The standard InChI is InChI=1S/C39H49F3N6O9S/c1-23-29(55-3)13-12-26-30(19-31(44-32(23)26)56-22-39(40,41)42)57-25-18-28-33(49)45-38(35(51)46-58(53,54)37(2)14-15-37)20-24(38)10-7-5-4-6-8-11-27(34(50)48(28)21-25)43-36(52)47-16-9-17-47/h7,10,12-13,19,24-25,27-28H,4-6,8-9,11,14-18,20-22H2,1-3H3,(H,43,52)(H,45,49)(H,46,51). The normalized spacial score (nSPS) is 27.2.